The zero-order valence-electron chi connectivity index (χ0n) is 7.79. The van der Waals surface area contributed by atoms with Crippen LogP contribution in [0.1, 0.15) is 16.1 Å². The van der Waals surface area contributed by atoms with Crippen molar-refractivity contribution >= 4 is 6.29 Å². The molecule has 0 amide bonds. The lowest BCUT2D eigenvalue weighted by atomic mass is 10.3. The molecule has 0 unspecified atom stereocenters. The molecule has 0 N–H and O–H groups in total. The molecular formula is C11H7N3O. The van der Waals surface area contributed by atoms with Gasteiger partial charge in [0.05, 0.1) is 5.69 Å². The zero-order valence-corrected chi connectivity index (χ0v) is 7.79. The quantitative estimate of drug-likeness (QED) is 0.686. The fourth-order valence-electron chi connectivity index (χ4n) is 1.27. The second kappa shape index (κ2) is 3.76. The summed E-state index contributed by atoms with van der Waals surface area (Å²) >= 11 is 0. The Morgan fingerprint density at radius 1 is 1.33 bits per heavy atom. The van der Waals surface area contributed by atoms with E-state index >= 15 is 0 Å². The van der Waals surface area contributed by atoms with Crippen LogP contribution in [-0.4, -0.2) is 16.1 Å². The van der Waals surface area contributed by atoms with Crippen LogP contribution >= 0.6 is 0 Å². The molecular weight excluding hydrogens is 190 g/mol. The Bertz CT molecular complexity index is 523. The summed E-state index contributed by atoms with van der Waals surface area (Å²) in [5, 5.41) is 12.7. The van der Waals surface area contributed by atoms with Gasteiger partial charge < -0.3 is 0 Å². The molecule has 72 valence electrons. The first-order valence-corrected chi connectivity index (χ1v) is 4.35. The molecule has 4 nitrogen and oxygen atoms in total. The minimum atomic E-state index is 0.168. The minimum Gasteiger partial charge on any atom is -0.296 e. The van der Waals surface area contributed by atoms with E-state index in [4.69, 9.17) is 5.26 Å². The molecule has 0 aliphatic rings. The summed E-state index contributed by atoms with van der Waals surface area (Å²) in [6.07, 6.45) is 2.12. The molecule has 0 fully saturated rings. The maximum absolute atomic E-state index is 10.6. The molecule has 0 saturated heterocycles. The summed E-state index contributed by atoms with van der Waals surface area (Å²) in [5.74, 6) is 0. The van der Waals surface area contributed by atoms with Crippen LogP contribution in [0.3, 0.4) is 0 Å². The van der Waals surface area contributed by atoms with E-state index in [1.165, 1.54) is 4.68 Å². The van der Waals surface area contributed by atoms with Gasteiger partial charge in [-0.25, -0.2) is 4.68 Å². The van der Waals surface area contributed by atoms with E-state index in [1.54, 1.807) is 6.20 Å². The number of aromatic nitrogens is 2. The molecule has 0 aliphatic heterocycles. The molecule has 1 aromatic heterocycles. The van der Waals surface area contributed by atoms with Gasteiger partial charge in [-0.1, -0.05) is 18.2 Å². The van der Waals surface area contributed by atoms with Crippen molar-refractivity contribution in [1.82, 2.24) is 9.78 Å². The summed E-state index contributed by atoms with van der Waals surface area (Å²) in [6.45, 7) is 0. The van der Waals surface area contributed by atoms with Crippen molar-refractivity contribution < 1.29 is 4.79 Å². The Hall–Kier alpha value is -2.41. The molecule has 0 atom stereocenters. The Balaban J connectivity index is 2.52. The number of carbonyl (C=O) groups excluding carboxylic acids is 1. The van der Waals surface area contributed by atoms with Gasteiger partial charge in [0, 0.05) is 6.20 Å². The Morgan fingerprint density at radius 2 is 2.07 bits per heavy atom. The Morgan fingerprint density at radius 3 is 2.60 bits per heavy atom. The third-order valence-corrected chi connectivity index (χ3v) is 2.00. The highest BCUT2D eigenvalue weighted by molar-refractivity contribution is 5.76. The average Bonchev–Trinajstić information content (AvgIpc) is 2.73. The molecule has 0 radical (unpaired) electrons. The SMILES string of the molecule is N#Cc1cn(-c2ccccc2)nc1C=O. The number of hydrogen-bond donors (Lipinski definition) is 0. The van der Waals surface area contributed by atoms with Crippen LogP contribution < -0.4 is 0 Å². The molecule has 2 aromatic rings. The van der Waals surface area contributed by atoms with Crippen molar-refractivity contribution in [3.8, 4) is 11.8 Å². The van der Waals surface area contributed by atoms with Crippen molar-refractivity contribution in [2.24, 2.45) is 0 Å². The van der Waals surface area contributed by atoms with Gasteiger partial charge in [0.2, 0.25) is 0 Å². The van der Waals surface area contributed by atoms with Crippen molar-refractivity contribution in [3.05, 3.63) is 47.8 Å². The van der Waals surface area contributed by atoms with Crippen LogP contribution in [-0.2, 0) is 0 Å². The van der Waals surface area contributed by atoms with Crippen molar-refractivity contribution in [2.45, 2.75) is 0 Å². The molecule has 4 heteroatoms. The Kier molecular flexibility index (Phi) is 2.30. The predicted molar refractivity (Wildman–Crippen MR) is 53.7 cm³/mol. The third-order valence-electron chi connectivity index (χ3n) is 2.00. The van der Waals surface area contributed by atoms with Crippen LogP contribution in [0.5, 0.6) is 0 Å². The first-order valence-electron chi connectivity index (χ1n) is 4.35. The van der Waals surface area contributed by atoms with Gasteiger partial charge in [0.15, 0.2) is 6.29 Å². The van der Waals surface area contributed by atoms with E-state index < -0.39 is 0 Å². The molecule has 0 aliphatic carbocycles. The standard InChI is InChI=1S/C11H7N3O/c12-6-9-7-14(13-11(9)8-15)10-4-2-1-3-5-10/h1-5,7-8H. The number of rotatable bonds is 2. The fourth-order valence-corrected chi connectivity index (χ4v) is 1.27. The van der Waals surface area contributed by atoms with Crippen LogP contribution in [0, 0.1) is 11.3 Å². The number of benzene rings is 1. The van der Waals surface area contributed by atoms with Gasteiger partial charge in [-0.3, -0.25) is 4.79 Å². The summed E-state index contributed by atoms with van der Waals surface area (Å²) in [6, 6.07) is 11.2. The maximum atomic E-state index is 10.6. The lowest BCUT2D eigenvalue weighted by Gasteiger charge is -1.98. The highest BCUT2D eigenvalue weighted by Gasteiger charge is 2.07. The fraction of sp³-hybridized carbons (Fsp3) is 0. The molecule has 1 aromatic carbocycles. The van der Waals surface area contributed by atoms with E-state index in [0.29, 0.717) is 6.29 Å². The van der Waals surface area contributed by atoms with Gasteiger partial charge >= 0.3 is 0 Å². The van der Waals surface area contributed by atoms with Gasteiger partial charge in [-0.2, -0.15) is 10.4 Å². The highest BCUT2D eigenvalue weighted by atomic mass is 16.1. The monoisotopic (exact) mass is 197 g/mol. The van der Waals surface area contributed by atoms with Gasteiger partial charge in [0.25, 0.3) is 0 Å². The smallest absolute Gasteiger partial charge is 0.171 e. The first-order chi connectivity index (χ1) is 7.35. The minimum absolute atomic E-state index is 0.168. The lowest BCUT2D eigenvalue weighted by Crippen LogP contribution is -1.94. The van der Waals surface area contributed by atoms with Crippen LogP contribution in [0.2, 0.25) is 0 Å². The second-order valence-electron chi connectivity index (χ2n) is 2.94. The average molecular weight is 197 g/mol. The first kappa shape index (κ1) is 9.16. The molecule has 1 heterocycles. The molecule has 0 spiro atoms. The van der Waals surface area contributed by atoms with Crippen molar-refractivity contribution in [1.29, 1.82) is 5.26 Å². The van der Waals surface area contributed by atoms with E-state index in [9.17, 15) is 4.79 Å². The van der Waals surface area contributed by atoms with Crippen molar-refractivity contribution in [2.75, 3.05) is 0 Å². The van der Waals surface area contributed by atoms with E-state index in [1.807, 2.05) is 36.4 Å². The summed E-state index contributed by atoms with van der Waals surface area (Å²) in [5.41, 5.74) is 1.28. The van der Waals surface area contributed by atoms with Gasteiger partial charge in [0.1, 0.15) is 17.3 Å². The highest BCUT2D eigenvalue weighted by Crippen LogP contribution is 2.09. The number of nitriles is 1. The largest absolute Gasteiger partial charge is 0.296 e. The van der Waals surface area contributed by atoms with Crippen LogP contribution in [0.4, 0.5) is 0 Å². The third kappa shape index (κ3) is 1.63. The molecule has 0 saturated carbocycles. The van der Waals surface area contributed by atoms with Crippen molar-refractivity contribution in [3.63, 3.8) is 0 Å². The van der Waals surface area contributed by atoms with E-state index in [2.05, 4.69) is 5.10 Å². The van der Waals surface area contributed by atoms with E-state index in [0.717, 1.165) is 5.69 Å². The lowest BCUT2D eigenvalue weighted by molar-refractivity contribution is 0.111. The maximum Gasteiger partial charge on any atom is 0.171 e. The molecule has 15 heavy (non-hydrogen) atoms. The normalized spacial score (nSPS) is 9.53. The number of nitrogens with zero attached hydrogens (tertiary/aromatic N) is 3. The zero-order chi connectivity index (χ0) is 10.7. The summed E-state index contributed by atoms with van der Waals surface area (Å²) < 4.78 is 1.52. The Labute approximate surface area is 86.4 Å². The topological polar surface area (TPSA) is 58.7 Å². The summed E-state index contributed by atoms with van der Waals surface area (Å²) in [7, 11) is 0. The summed E-state index contributed by atoms with van der Waals surface area (Å²) in [4.78, 5) is 10.6. The molecule has 0 bridgehead atoms. The number of para-hydroxylation sites is 1. The van der Waals surface area contributed by atoms with Crippen LogP contribution in [0.15, 0.2) is 36.5 Å². The number of carbonyl (C=O) groups is 1. The van der Waals surface area contributed by atoms with E-state index in [-0.39, 0.29) is 11.3 Å². The van der Waals surface area contributed by atoms with Crippen LogP contribution in [0.25, 0.3) is 5.69 Å². The number of aldehydes is 1. The second-order valence-corrected chi connectivity index (χ2v) is 2.94. The van der Waals surface area contributed by atoms with Gasteiger partial charge in [-0.15, -0.1) is 0 Å². The number of hydrogen-bond acceptors (Lipinski definition) is 3. The predicted octanol–water partition coefficient (Wildman–Crippen LogP) is 1.56. The molecule has 2 rings (SSSR count). The van der Waals surface area contributed by atoms with Gasteiger partial charge in [-0.05, 0) is 12.1 Å².